The summed E-state index contributed by atoms with van der Waals surface area (Å²) in [7, 11) is 1.80. The zero-order chi connectivity index (χ0) is 21.9. The number of carbonyl (C=O) groups excluding carboxylic acids is 1. The van der Waals surface area contributed by atoms with Crippen LogP contribution in [0.4, 0.5) is 30.6 Å². The molecule has 2 aromatic heterocycles. The first-order chi connectivity index (χ1) is 14.7. The van der Waals surface area contributed by atoms with Crippen LogP contribution in [-0.4, -0.2) is 45.3 Å². The van der Waals surface area contributed by atoms with E-state index in [1.54, 1.807) is 11.9 Å². The van der Waals surface area contributed by atoms with Crippen LogP contribution in [0.25, 0.3) is 0 Å². The predicted octanol–water partition coefficient (Wildman–Crippen LogP) is 3.16. The topological polar surface area (TPSA) is 88.0 Å². The third kappa shape index (κ3) is 3.92. The summed E-state index contributed by atoms with van der Waals surface area (Å²) in [4.78, 5) is 22.4. The standard InChI is InChI=1S/C20H24F3N7O/c1-10-17-18(29(2)9-16(31)26-17)27-19(24-10)25-13-5-11(6-13)8-30-15(20(21,22)23)7-14(28-30)12-3-4-12/h7,11-13H,3-6,8-9H2,1-2H3,(H,26,31)(H,24,25,27). The normalized spacial score (nSPS) is 23.3. The van der Waals surface area contributed by atoms with Gasteiger partial charge in [-0.15, -0.1) is 0 Å². The molecule has 31 heavy (non-hydrogen) atoms. The third-order valence-electron chi connectivity index (χ3n) is 6.16. The van der Waals surface area contributed by atoms with Crippen LogP contribution in [0.1, 0.15) is 48.7 Å². The van der Waals surface area contributed by atoms with E-state index in [1.165, 1.54) is 6.07 Å². The Morgan fingerprint density at radius 2 is 2.00 bits per heavy atom. The Kier molecular flexibility index (Phi) is 4.60. The second-order valence-electron chi connectivity index (χ2n) is 8.82. The largest absolute Gasteiger partial charge is 0.433 e. The number of amides is 1. The van der Waals surface area contributed by atoms with Crippen LogP contribution in [0.3, 0.4) is 0 Å². The van der Waals surface area contributed by atoms with Crippen molar-refractivity contribution in [2.24, 2.45) is 5.92 Å². The van der Waals surface area contributed by atoms with Gasteiger partial charge in [0.05, 0.1) is 17.9 Å². The molecule has 2 aliphatic carbocycles. The van der Waals surface area contributed by atoms with Gasteiger partial charge in [0.1, 0.15) is 11.4 Å². The van der Waals surface area contributed by atoms with Gasteiger partial charge >= 0.3 is 6.18 Å². The molecule has 5 rings (SSSR count). The highest BCUT2D eigenvalue weighted by atomic mass is 19.4. The second kappa shape index (κ2) is 7.10. The molecule has 11 heteroatoms. The molecule has 0 radical (unpaired) electrons. The highest BCUT2D eigenvalue weighted by molar-refractivity contribution is 6.00. The van der Waals surface area contributed by atoms with Crippen molar-refractivity contribution in [1.82, 2.24) is 19.7 Å². The minimum Gasteiger partial charge on any atom is -0.351 e. The summed E-state index contributed by atoms with van der Waals surface area (Å²) in [6.07, 6.45) is -1.10. The molecule has 1 aliphatic heterocycles. The molecular formula is C20H24F3N7O. The van der Waals surface area contributed by atoms with Crippen molar-refractivity contribution in [2.45, 2.75) is 57.3 Å². The summed E-state index contributed by atoms with van der Waals surface area (Å²) in [5, 5.41) is 10.3. The summed E-state index contributed by atoms with van der Waals surface area (Å²) in [6.45, 7) is 2.30. The lowest BCUT2D eigenvalue weighted by Gasteiger charge is -2.36. The number of hydrogen-bond donors (Lipinski definition) is 2. The summed E-state index contributed by atoms with van der Waals surface area (Å²) in [5.74, 6) is 1.32. The molecule has 3 heterocycles. The van der Waals surface area contributed by atoms with Crippen molar-refractivity contribution in [3.05, 3.63) is 23.1 Å². The molecule has 2 fully saturated rings. The Bertz CT molecular complexity index is 1020. The maximum atomic E-state index is 13.4. The first-order valence-corrected chi connectivity index (χ1v) is 10.5. The van der Waals surface area contributed by atoms with E-state index in [4.69, 9.17) is 0 Å². The second-order valence-corrected chi connectivity index (χ2v) is 8.82. The Morgan fingerprint density at radius 3 is 2.68 bits per heavy atom. The lowest BCUT2D eigenvalue weighted by atomic mass is 9.80. The molecule has 1 amide bonds. The molecule has 0 saturated heterocycles. The van der Waals surface area contributed by atoms with E-state index in [-0.39, 0.29) is 36.9 Å². The zero-order valence-corrected chi connectivity index (χ0v) is 17.3. The first kappa shape index (κ1) is 20.1. The van der Waals surface area contributed by atoms with Crippen LogP contribution < -0.4 is 15.5 Å². The SMILES string of the molecule is Cc1nc(NC2CC(Cn3nc(C4CC4)cc3C(F)(F)F)C2)nc2c1NC(=O)CN2C. The van der Waals surface area contributed by atoms with Gasteiger partial charge in [0, 0.05) is 25.6 Å². The van der Waals surface area contributed by atoms with E-state index in [0.717, 1.165) is 30.4 Å². The fraction of sp³-hybridized carbons (Fsp3) is 0.600. The van der Waals surface area contributed by atoms with Crippen molar-refractivity contribution in [1.29, 1.82) is 0 Å². The van der Waals surface area contributed by atoms with Gasteiger partial charge in [-0.05, 0) is 44.6 Å². The third-order valence-corrected chi connectivity index (χ3v) is 6.16. The summed E-state index contributed by atoms with van der Waals surface area (Å²) < 4.78 is 41.3. The number of halogens is 3. The van der Waals surface area contributed by atoms with Crippen molar-refractivity contribution in [3.8, 4) is 0 Å². The number of nitrogens with one attached hydrogen (secondary N) is 2. The van der Waals surface area contributed by atoms with Gasteiger partial charge in [-0.25, -0.2) is 4.98 Å². The molecular weight excluding hydrogens is 411 g/mol. The highest BCUT2D eigenvalue weighted by Crippen LogP contribution is 2.42. The van der Waals surface area contributed by atoms with Gasteiger partial charge in [0.15, 0.2) is 5.82 Å². The molecule has 2 aromatic rings. The predicted molar refractivity (Wildman–Crippen MR) is 108 cm³/mol. The fourth-order valence-corrected chi connectivity index (χ4v) is 4.33. The lowest BCUT2D eigenvalue weighted by Crippen LogP contribution is -2.40. The summed E-state index contributed by atoms with van der Waals surface area (Å²) >= 11 is 0. The average Bonchev–Trinajstić information content (AvgIpc) is 3.40. The molecule has 166 valence electrons. The molecule has 3 aliphatic rings. The van der Waals surface area contributed by atoms with E-state index in [1.807, 2.05) is 6.92 Å². The van der Waals surface area contributed by atoms with E-state index in [0.29, 0.717) is 28.8 Å². The van der Waals surface area contributed by atoms with Gasteiger partial charge in [0.25, 0.3) is 0 Å². The van der Waals surface area contributed by atoms with E-state index < -0.39 is 11.9 Å². The number of rotatable bonds is 5. The van der Waals surface area contributed by atoms with Gasteiger partial charge in [0.2, 0.25) is 11.9 Å². The number of aryl methyl sites for hydroxylation is 1. The number of hydrogen-bond acceptors (Lipinski definition) is 6. The monoisotopic (exact) mass is 435 g/mol. The Morgan fingerprint density at radius 1 is 1.26 bits per heavy atom. The fourth-order valence-electron chi connectivity index (χ4n) is 4.33. The average molecular weight is 435 g/mol. The van der Waals surface area contributed by atoms with E-state index >= 15 is 0 Å². The molecule has 8 nitrogen and oxygen atoms in total. The number of likely N-dealkylation sites (N-methyl/N-ethyl adjacent to an activating group) is 1. The number of fused-ring (bicyclic) bond motifs is 1. The summed E-state index contributed by atoms with van der Waals surface area (Å²) in [5.41, 5.74) is 1.20. The van der Waals surface area contributed by atoms with Crippen LogP contribution in [0.15, 0.2) is 6.07 Å². The number of aromatic nitrogens is 4. The smallest absolute Gasteiger partial charge is 0.351 e. The number of alkyl halides is 3. The van der Waals surface area contributed by atoms with Gasteiger partial charge in [-0.1, -0.05) is 0 Å². The molecule has 0 unspecified atom stereocenters. The van der Waals surface area contributed by atoms with Crippen molar-refractivity contribution in [3.63, 3.8) is 0 Å². The van der Waals surface area contributed by atoms with Crippen LogP contribution in [0.5, 0.6) is 0 Å². The zero-order valence-electron chi connectivity index (χ0n) is 17.3. The Labute approximate surface area is 177 Å². The maximum absolute atomic E-state index is 13.4. The van der Waals surface area contributed by atoms with E-state index in [2.05, 4.69) is 25.7 Å². The summed E-state index contributed by atoms with van der Waals surface area (Å²) in [6, 6.07) is 1.31. The van der Waals surface area contributed by atoms with Crippen molar-refractivity contribution < 1.29 is 18.0 Å². The Hall–Kier alpha value is -2.85. The van der Waals surface area contributed by atoms with Crippen LogP contribution in [0.2, 0.25) is 0 Å². The van der Waals surface area contributed by atoms with Crippen molar-refractivity contribution >= 4 is 23.4 Å². The number of carbonyl (C=O) groups is 1. The molecule has 2 saturated carbocycles. The first-order valence-electron chi connectivity index (χ1n) is 10.5. The molecule has 0 spiro atoms. The molecule has 2 N–H and O–H groups in total. The van der Waals surface area contributed by atoms with E-state index in [9.17, 15) is 18.0 Å². The molecule has 0 aromatic carbocycles. The minimum atomic E-state index is -4.39. The van der Waals surface area contributed by atoms with Crippen molar-refractivity contribution in [2.75, 3.05) is 29.1 Å². The van der Waals surface area contributed by atoms with Crippen LogP contribution in [0, 0.1) is 12.8 Å². The van der Waals surface area contributed by atoms with Crippen LogP contribution in [-0.2, 0) is 17.5 Å². The quantitative estimate of drug-likeness (QED) is 0.750. The number of anilines is 3. The van der Waals surface area contributed by atoms with Crippen LogP contribution >= 0.6 is 0 Å². The maximum Gasteiger partial charge on any atom is 0.433 e. The van der Waals surface area contributed by atoms with Gasteiger partial charge in [-0.3, -0.25) is 9.48 Å². The minimum absolute atomic E-state index is 0.0961. The highest BCUT2D eigenvalue weighted by Gasteiger charge is 2.40. The molecule has 0 atom stereocenters. The van der Waals surface area contributed by atoms with Gasteiger partial charge < -0.3 is 15.5 Å². The number of nitrogens with zero attached hydrogens (tertiary/aromatic N) is 5. The lowest BCUT2D eigenvalue weighted by molar-refractivity contribution is -0.144. The molecule has 0 bridgehead atoms. The Balaban J connectivity index is 1.23. The van der Waals surface area contributed by atoms with Gasteiger partial charge in [-0.2, -0.15) is 23.3 Å².